The van der Waals surface area contributed by atoms with Crippen molar-refractivity contribution in [3.8, 4) is 0 Å². The minimum Gasteiger partial charge on any atom is -0.368 e. The summed E-state index contributed by atoms with van der Waals surface area (Å²) in [7, 11) is 0. The first-order valence-corrected chi connectivity index (χ1v) is 10.00. The lowest BCUT2D eigenvalue weighted by atomic mass is 9.82. The molecule has 0 spiro atoms. The second-order valence-corrected chi connectivity index (χ2v) is 7.93. The van der Waals surface area contributed by atoms with Gasteiger partial charge in [-0.2, -0.15) is 4.98 Å². The van der Waals surface area contributed by atoms with Crippen molar-refractivity contribution < 1.29 is 0 Å². The number of hydrogen-bond donors (Lipinski definition) is 1. The summed E-state index contributed by atoms with van der Waals surface area (Å²) in [6.07, 6.45) is 6.11. The second-order valence-electron chi connectivity index (χ2n) is 7.93. The van der Waals surface area contributed by atoms with Gasteiger partial charge in [0, 0.05) is 30.6 Å². The average Bonchev–Trinajstić information content (AvgIpc) is 3.15. The predicted octanol–water partition coefficient (Wildman–Crippen LogP) is 2.81. The number of nitrogen functional groups attached to an aromatic ring is 1. The van der Waals surface area contributed by atoms with E-state index >= 15 is 0 Å². The largest absolute Gasteiger partial charge is 0.368 e. The molecular weight excluding hydrogens is 322 g/mol. The maximum Gasteiger partial charge on any atom is 0.222 e. The Morgan fingerprint density at radius 2 is 1.73 bits per heavy atom. The van der Waals surface area contributed by atoms with Gasteiger partial charge in [-0.25, -0.2) is 4.98 Å². The van der Waals surface area contributed by atoms with E-state index in [0.717, 1.165) is 37.4 Å². The molecule has 1 atom stereocenters. The molecule has 0 radical (unpaired) electrons. The van der Waals surface area contributed by atoms with Gasteiger partial charge in [0.25, 0.3) is 0 Å². The Bertz CT molecular complexity index is 778. The van der Waals surface area contributed by atoms with Crippen molar-refractivity contribution in [3.63, 3.8) is 0 Å². The summed E-state index contributed by atoms with van der Waals surface area (Å²) in [5.41, 5.74) is 9.97. The van der Waals surface area contributed by atoms with E-state index in [-0.39, 0.29) is 0 Å². The van der Waals surface area contributed by atoms with Crippen LogP contribution >= 0.6 is 0 Å². The zero-order chi connectivity index (χ0) is 17.5. The fourth-order valence-electron chi connectivity index (χ4n) is 4.89. The number of nitrogens with two attached hydrogens (primary N) is 1. The molecule has 1 unspecified atom stereocenters. The Morgan fingerprint density at radius 1 is 0.962 bits per heavy atom. The van der Waals surface area contributed by atoms with Crippen molar-refractivity contribution in [3.05, 3.63) is 47.2 Å². The van der Waals surface area contributed by atoms with Crippen LogP contribution in [-0.4, -0.2) is 47.1 Å². The average molecular weight is 349 g/mol. The molecule has 0 bridgehead atoms. The van der Waals surface area contributed by atoms with Crippen LogP contribution in [0.5, 0.6) is 0 Å². The van der Waals surface area contributed by atoms with Gasteiger partial charge in [0.1, 0.15) is 5.82 Å². The summed E-state index contributed by atoms with van der Waals surface area (Å²) in [5, 5.41) is 0. The lowest BCUT2D eigenvalue weighted by Crippen LogP contribution is -2.59. The Kier molecular flexibility index (Phi) is 4.04. The molecule has 0 saturated carbocycles. The minimum absolute atomic E-state index is 0.347. The number of rotatable bonds is 3. The molecule has 0 amide bonds. The van der Waals surface area contributed by atoms with E-state index in [1.54, 1.807) is 0 Å². The topological polar surface area (TPSA) is 58.3 Å². The highest BCUT2D eigenvalue weighted by molar-refractivity contribution is 5.57. The van der Waals surface area contributed by atoms with E-state index < -0.39 is 0 Å². The molecule has 2 aliphatic heterocycles. The van der Waals surface area contributed by atoms with Crippen molar-refractivity contribution in [2.45, 2.75) is 44.1 Å². The monoisotopic (exact) mass is 349 g/mol. The normalized spacial score (nSPS) is 23.7. The lowest BCUT2D eigenvalue weighted by Gasteiger charge is -2.46. The molecule has 136 valence electrons. The Hall–Kier alpha value is -2.14. The number of aromatic nitrogens is 2. The van der Waals surface area contributed by atoms with Crippen molar-refractivity contribution in [1.29, 1.82) is 0 Å². The maximum absolute atomic E-state index is 6.14. The Labute approximate surface area is 155 Å². The highest BCUT2D eigenvalue weighted by Crippen LogP contribution is 2.40. The molecule has 2 fully saturated rings. The molecule has 1 aromatic heterocycles. The van der Waals surface area contributed by atoms with Gasteiger partial charge in [0.15, 0.2) is 0 Å². The molecule has 3 aliphatic rings. The summed E-state index contributed by atoms with van der Waals surface area (Å²) in [5.74, 6) is 1.87. The van der Waals surface area contributed by atoms with Crippen LogP contribution in [0.2, 0.25) is 0 Å². The molecule has 2 N–H and O–H groups in total. The lowest BCUT2D eigenvalue weighted by molar-refractivity contribution is 0.204. The van der Waals surface area contributed by atoms with Gasteiger partial charge in [-0.3, -0.25) is 4.90 Å². The first kappa shape index (κ1) is 16.1. The summed E-state index contributed by atoms with van der Waals surface area (Å²) in [6, 6.07) is 11.4. The summed E-state index contributed by atoms with van der Waals surface area (Å²) < 4.78 is 0. The molecule has 5 nitrogen and oxygen atoms in total. The molecule has 1 aromatic carbocycles. The van der Waals surface area contributed by atoms with Gasteiger partial charge in [-0.1, -0.05) is 30.3 Å². The second kappa shape index (κ2) is 6.54. The molecule has 2 aromatic rings. The highest BCUT2D eigenvalue weighted by Gasteiger charge is 2.37. The molecule has 2 saturated heterocycles. The van der Waals surface area contributed by atoms with Crippen molar-refractivity contribution in [2.75, 3.05) is 36.8 Å². The molecular formula is C21H27N5. The number of likely N-dealkylation sites (tertiary alicyclic amines) is 1. The van der Waals surface area contributed by atoms with E-state index in [1.807, 2.05) is 0 Å². The molecule has 5 heteroatoms. The van der Waals surface area contributed by atoms with E-state index in [9.17, 15) is 0 Å². The fourth-order valence-corrected chi connectivity index (χ4v) is 4.89. The van der Waals surface area contributed by atoms with Crippen molar-refractivity contribution in [2.24, 2.45) is 0 Å². The third kappa shape index (κ3) is 2.75. The van der Waals surface area contributed by atoms with Gasteiger partial charge >= 0.3 is 0 Å². The van der Waals surface area contributed by atoms with E-state index in [2.05, 4.69) is 45.1 Å². The highest BCUT2D eigenvalue weighted by atomic mass is 15.3. The van der Waals surface area contributed by atoms with Crippen molar-refractivity contribution >= 4 is 11.8 Å². The molecule has 1 aliphatic carbocycles. The van der Waals surface area contributed by atoms with Crippen LogP contribution in [0.25, 0.3) is 0 Å². The predicted molar refractivity (Wildman–Crippen MR) is 104 cm³/mol. The van der Waals surface area contributed by atoms with Crippen LogP contribution in [0, 0.1) is 0 Å². The number of fused-ring (bicyclic) bond motifs is 1. The summed E-state index contributed by atoms with van der Waals surface area (Å²) in [6.45, 7) is 4.69. The van der Waals surface area contributed by atoms with Crippen LogP contribution in [0.3, 0.4) is 0 Å². The van der Waals surface area contributed by atoms with Crippen molar-refractivity contribution in [1.82, 2.24) is 14.9 Å². The smallest absolute Gasteiger partial charge is 0.222 e. The van der Waals surface area contributed by atoms with Gasteiger partial charge < -0.3 is 10.6 Å². The number of benzene rings is 1. The quantitative estimate of drug-likeness (QED) is 0.923. The Balaban J connectivity index is 1.44. The summed E-state index contributed by atoms with van der Waals surface area (Å²) >= 11 is 0. The number of nitrogens with zero attached hydrogens (tertiary/aromatic N) is 4. The van der Waals surface area contributed by atoms with Crippen LogP contribution in [0.15, 0.2) is 30.3 Å². The van der Waals surface area contributed by atoms with E-state index in [4.69, 9.17) is 10.7 Å². The zero-order valence-electron chi connectivity index (χ0n) is 15.3. The van der Waals surface area contributed by atoms with Gasteiger partial charge in [-0.15, -0.1) is 0 Å². The third-order valence-electron chi connectivity index (χ3n) is 6.31. The minimum atomic E-state index is 0.347. The maximum atomic E-state index is 6.14. The first-order chi connectivity index (χ1) is 12.8. The third-order valence-corrected chi connectivity index (χ3v) is 6.31. The van der Waals surface area contributed by atoms with Gasteiger partial charge in [0.05, 0.1) is 5.69 Å². The van der Waals surface area contributed by atoms with Gasteiger partial charge in [0.2, 0.25) is 5.95 Å². The Morgan fingerprint density at radius 3 is 2.50 bits per heavy atom. The van der Waals surface area contributed by atoms with Crippen LogP contribution in [0.1, 0.15) is 48.4 Å². The standard InChI is InChI=1S/C21H27N5/c22-21-23-19-17(15-7-2-1-3-8-15)9-6-10-18(19)20(24-21)26-13-16(14-26)25-11-4-5-12-25/h1-3,7-8,16-17H,4-6,9-14H2,(H2,22,23,24). The number of hydrogen-bond acceptors (Lipinski definition) is 5. The van der Waals surface area contributed by atoms with Crippen LogP contribution < -0.4 is 10.6 Å². The molecule has 5 rings (SSSR count). The van der Waals surface area contributed by atoms with E-state index in [1.165, 1.54) is 43.5 Å². The fraction of sp³-hybridized carbons (Fsp3) is 0.524. The molecule has 3 heterocycles. The SMILES string of the molecule is Nc1nc2c(c(N3CC(N4CCCC4)C3)n1)CCCC2c1ccccc1. The first-order valence-electron chi connectivity index (χ1n) is 10.00. The van der Waals surface area contributed by atoms with E-state index in [0.29, 0.717) is 17.9 Å². The van der Waals surface area contributed by atoms with Crippen LogP contribution in [-0.2, 0) is 6.42 Å². The zero-order valence-corrected chi connectivity index (χ0v) is 15.3. The van der Waals surface area contributed by atoms with Gasteiger partial charge in [-0.05, 0) is 50.8 Å². The number of anilines is 2. The van der Waals surface area contributed by atoms with Crippen LogP contribution in [0.4, 0.5) is 11.8 Å². The summed E-state index contributed by atoms with van der Waals surface area (Å²) in [4.78, 5) is 14.4. The molecule has 26 heavy (non-hydrogen) atoms.